The van der Waals surface area contributed by atoms with Crippen molar-refractivity contribution in [3.63, 3.8) is 0 Å². The molecule has 4 heteroatoms. The van der Waals surface area contributed by atoms with Gasteiger partial charge in [-0.15, -0.1) is 0 Å². The summed E-state index contributed by atoms with van der Waals surface area (Å²) in [6.45, 7) is 0.990. The van der Waals surface area contributed by atoms with Gasteiger partial charge in [-0.1, -0.05) is 42.5 Å². The second kappa shape index (κ2) is 7.62. The largest absolute Gasteiger partial charge is 0.457 e. The summed E-state index contributed by atoms with van der Waals surface area (Å²) in [6.07, 6.45) is 3.16. The maximum absolute atomic E-state index is 12.0. The highest BCUT2D eigenvalue weighted by Gasteiger charge is 2.04. The van der Waals surface area contributed by atoms with Crippen LogP contribution in [0.4, 0.5) is 0 Å². The first-order valence-corrected chi connectivity index (χ1v) is 7.76. The fraction of sp³-hybridized carbons (Fsp3) is 0.150. The minimum absolute atomic E-state index is 0.164. The Kier molecular flexibility index (Phi) is 5.08. The van der Waals surface area contributed by atoms with Crippen molar-refractivity contribution in [2.75, 3.05) is 7.11 Å². The van der Waals surface area contributed by atoms with Crippen molar-refractivity contribution in [2.45, 2.75) is 13.2 Å². The first kappa shape index (κ1) is 16.0. The van der Waals surface area contributed by atoms with Gasteiger partial charge in [-0.05, 0) is 29.3 Å². The molecule has 24 heavy (non-hydrogen) atoms. The van der Waals surface area contributed by atoms with Crippen LogP contribution in [-0.4, -0.2) is 13.0 Å². The highest BCUT2D eigenvalue weighted by atomic mass is 16.5. The smallest absolute Gasteiger partial charge is 0.244 e. The monoisotopic (exact) mass is 321 g/mol. The quantitative estimate of drug-likeness (QED) is 0.700. The number of hydrogen-bond donors (Lipinski definition) is 1. The molecular weight excluding hydrogens is 302 g/mol. The van der Waals surface area contributed by atoms with Gasteiger partial charge in [0.05, 0.1) is 6.61 Å². The minimum atomic E-state index is -0.164. The number of carbonyl (C=O) groups is 1. The average Bonchev–Trinajstić information content (AvgIpc) is 3.02. The molecular formula is C20H19NO3. The van der Waals surface area contributed by atoms with E-state index in [1.54, 1.807) is 13.2 Å². The molecule has 0 saturated carbocycles. The second-order valence-electron chi connectivity index (χ2n) is 5.44. The van der Waals surface area contributed by atoms with E-state index >= 15 is 0 Å². The molecule has 0 fully saturated rings. The molecule has 4 nitrogen and oxygen atoms in total. The van der Waals surface area contributed by atoms with Crippen molar-refractivity contribution >= 4 is 23.0 Å². The predicted octanol–water partition coefficient (Wildman–Crippen LogP) is 3.91. The SMILES string of the molecule is COCc1ccccc1CNC(=O)/C=C/c1cc2ccccc2o1. The number of rotatable bonds is 6. The zero-order chi connectivity index (χ0) is 16.8. The third-order valence-corrected chi connectivity index (χ3v) is 3.71. The average molecular weight is 321 g/mol. The van der Waals surface area contributed by atoms with Gasteiger partial charge in [0.1, 0.15) is 11.3 Å². The molecule has 122 valence electrons. The summed E-state index contributed by atoms with van der Waals surface area (Å²) in [5.41, 5.74) is 2.93. The molecule has 3 rings (SSSR count). The van der Waals surface area contributed by atoms with Crippen LogP contribution in [0.5, 0.6) is 0 Å². The zero-order valence-corrected chi connectivity index (χ0v) is 13.5. The summed E-state index contributed by atoms with van der Waals surface area (Å²) in [5, 5.41) is 3.90. The van der Waals surface area contributed by atoms with Crippen LogP contribution < -0.4 is 5.32 Å². The number of furan rings is 1. The normalized spacial score (nSPS) is 11.2. The molecule has 0 bridgehead atoms. The maximum Gasteiger partial charge on any atom is 0.244 e. The first-order chi connectivity index (χ1) is 11.8. The maximum atomic E-state index is 12.0. The van der Waals surface area contributed by atoms with E-state index in [2.05, 4.69) is 5.32 Å². The lowest BCUT2D eigenvalue weighted by Crippen LogP contribution is -2.21. The zero-order valence-electron chi connectivity index (χ0n) is 13.5. The van der Waals surface area contributed by atoms with E-state index in [0.29, 0.717) is 18.9 Å². The molecule has 0 aliphatic rings. The van der Waals surface area contributed by atoms with Crippen molar-refractivity contribution in [3.05, 3.63) is 77.6 Å². The lowest BCUT2D eigenvalue weighted by molar-refractivity contribution is -0.116. The van der Waals surface area contributed by atoms with E-state index in [1.165, 1.54) is 6.08 Å². The number of amides is 1. The molecule has 0 radical (unpaired) electrons. The predicted molar refractivity (Wildman–Crippen MR) is 94.2 cm³/mol. The van der Waals surface area contributed by atoms with Gasteiger partial charge in [-0.2, -0.15) is 0 Å². The molecule has 2 aromatic carbocycles. The van der Waals surface area contributed by atoms with Crippen LogP contribution in [0.1, 0.15) is 16.9 Å². The van der Waals surface area contributed by atoms with Crippen LogP contribution >= 0.6 is 0 Å². The van der Waals surface area contributed by atoms with Crippen molar-refractivity contribution in [1.29, 1.82) is 0 Å². The fourth-order valence-electron chi connectivity index (χ4n) is 2.51. The standard InChI is InChI=1S/C20H19NO3/c1-23-14-17-8-3-2-7-16(17)13-21-20(22)11-10-18-12-15-6-4-5-9-19(15)24-18/h2-12H,13-14H2,1H3,(H,21,22)/b11-10+. The number of ether oxygens (including phenoxy) is 1. The third-order valence-electron chi connectivity index (χ3n) is 3.71. The van der Waals surface area contributed by atoms with E-state index in [0.717, 1.165) is 22.1 Å². The van der Waals surface area contributed by atoms with E-state index in [9.17, 15) is 4.79 Å². The van der Waals surface area contributed by atoms with Crippen LogP contribution in [0.25, 0.3) is 17.0 Å². The van der Waals surface area contributed by atoms with Gasteiger partial charge in [0.15, 0.2) is 0 Å². The topological polar surface area (TPSA) is 51.5 Å². The van der Waals surface area contributed by atoms with Crippen molar-refractivity contribution in [1.82, 2.24) is 5.32 Å². The molecule has 0 spiro atoms. The second-order valence-corrected chi connectivity index (χ2v) is 5.44. The van der Waals surface area contributed by atoms with Crippen LogP contribution in [0.3, 0.4) is 0 Å². The summed E-state index contributed by atoms with van der Waals surface area (Å²) < 4.78 is 10.8. The lowest BCUT2D eigenvalue weighted by atomic mass is 10.1. The molecule has 0 atom stereocenters. The van der Waals surface area contributed by atoms with Crippen LogP contribution in [0.2, 0.25) is 0 Å². The molecule has 1 aromatic heterocycles. The van der Waals surface area contributed by atoms with E-state index in [-0.39, 0.29) is 5.91 Å². The van der Waals surface area contributed by atoms with Crippen molar-refractivity contribution in [2.24, 2.45) is 0 Å². The Bertz CT molecular complexity index is 831. The van der Waals surface area contributed by atoms with E-state index < -0.39 is 0 Å². The summed E-state index contributed by atoms with van der Waals surface area (Å²) >= 11 is 0. The van der Waals surface area contributed by atoms with Crippen LogP contribution in [0, 0.1) is 0 Å². The number of fused-ring (bicyclic) bond motifs is 1. The number of carbonyl (C=O) groups excluding carboxylic acids is 1. The summed E-state index contributed by atoms with van der Waals surface area (Å²) in [7, 11) is 1.66. The van der Waals surface area contributed by atoms with E-state index in [4.69, 9.17) is 9.15 Å². The third kappa shape index (κ3) is 3.91. The Hall–Kier alpha value is -2.85. The first-order valence-electron chi connectivity index (χ1n) is 7.76. The number of para-hydroxylation sites is 1. The number of hydrogen-bond acceptors (Lipinski definition) is 3. The fourth-order valence-corrected chi connectivity index (χ4v) is 2.51. The van der Waals surface area contributed by atoms with Gasteiger partial charge >= 0.3 is 0 Å². The van der Waals surface area contributed by atoms with Gasteiger partial charge < -0.3 is 14.5 Å². The Labute approximate surface area is 140 Å². The Morgan fingerprint density at radius 2 is 1.88 bits per heavy atom. The van der Waals surface area contributed by atoms with Crippen molar-refractivity contribution < 1.29 is 13.9 Å². The number of benzene rings is 2. The Morgan fingerprint density at radius 1 is 1.12 bits per heavy atom. The number of nitrogens with one attached hydrogen (secondary N) is 1. The molecule has 0 aliphatic carbocycles. The van der Waals surface area contributed by atoms with Crippen molar-refractivity contribution in [3.8, 4) is 0 Å². The molecule has 1 amide bonds. The molecule has 0 saturated heterocycles. The summed E-state index contributed by atoms with van der Waals surface area (Å²) in [5.74, 6) is 0.494. The number of methoxy groups -OCH3 is 1. The van der Waals surface area contributed by atoms with Gasteiger partial charge in [0, 0.05) is 25.1 Å². The van der Waals surface area contributed by atoms with Crippen LogP contribution in [0.15, 0.2) is 65.1 Å². The van der Waals surface area contributed by atoms with Gasteiger partial charge in [0.2, 0.25) is 5.91 Å². The molecule has 1 heterocycles. The Balaban J connectivity index is 1.61. The highest BCUT2D eigenvalue weighted by Crippen LogP contribution is 2.19. The van der Waals surface area contributed by atoms with Gasteiger partial charge in [-0.25, -0.2) is 0 Å². The molecule has 3 aromatic rings. The molecule has 0 unspecified atom stereocenters. The summed E-state index contributed by atoms with van der Waals surface area (Å²) in [4.78, 5) is 12.0. The Morgan fingerprint density at radius 3 is 2.67 bits per heavy atom. The minimum Gasteiger partial charge on any atom is -0.457 e. The molecule has 1 N–H and O–H groups in total. The van der Waals surface area contributed by atoms with Crippen LogP contribution in [-0.2, 0) is 22.7 Å². The van der Waals surface area contributed by atoms with Gasteiger partial charge in [-0.3, -0.25) is 4.79 Å². The van der Waals surface area contributed by atoms with E-state index in [1.807, 2.05) is 54.6 Å². The summed E-state index contributed by atoms with van der Waals surface area (Å²) in [6, 6.07) is 17.5. The highest BCUT2D eigenvalue weighted by molar-refractivity contribution is 5.92. The molecule has 0 aliphatic heterocycles. The van der Waals surface area contributed by atoms with Gasteiger partial charge in [0.25, 0.3) is 0 Å². The lowest BCUT2D eigenvalue weighted by Gasteiger charge is -2.08.